The number of hydrogen-bond acceptors (Lipinski definition) is 4. The Kier molecular flexibility index (Phi) is 8.96. The zero-order valence-corrected chi connectivity index (χ0v) is 13.2. The number of nitrogens with one attached hydrogen (secondary N) is 2. The van der Waals surface area contributed by atoms with Gasteiger partial charge >= 0.3 is 0 Å². The van der Waals surface area contributed by atoms with Crippen molar-refractivity contribution in [2.24, 2.45) is 16.3 Å². The lowest BCUT2D eigenvalue weighted by Crippen LogP contribution is -2.34. The fraction of sp³-hybridized carbons (Fsp3) is 0.857. The van der Waals surface area contributed by atoms with Crippen molar-refractivity contribution in [3.8, 4) is 0 Å². The molecule has 5 N–H and O–H groups in total. The van der Waals surface area contributed by atoms with Crippen LogP contribution in [0.15, 0.2) is 5.16 Å². The van der Waals surface area contributed by atoms with Crippen molar-refractivity contribution in [1.82, 2.24) is 10.6 Å². The maximum Gasteiger partial charge on any atom is 0.221 e. The molecular weight excluding hydrogens is 256 g/mol. The molecule has 0 heterocycles. The topological polar surface area (TPSA) is 99.7 Å². The van der Waals surface area contributed by atoms with Crippen LogP contribution in [0.1, 0.15) is 53.4 Å². The molecule has 0 aliphatic carbocycles. The number of amides is 1. The molecule has 0 saturated carbocycles. The smallest absolute Gasteiger partial charge is 0.221 e. The van der Waals surface area contributed by atoms with Gasteiger partial charge in [-0.25, -0.2) is 0 Å². The fourth-order valence-corrected chi connectivity index (χ4v) is 1.69. The summed E-state index contributed by atoms with van der Waals surface area (Å²) in [5.74, 6) is 0.342. The molecule has 0 spiro atoms. The van der Waals surface area contributed by atoms with Gasteiger partial charge in [0.2, 0.25) is 5.91 Å². The first kappa shape index (κ1) is 18.7. The summed E-state index contributed by atoms with van der Waals surface area (Å²) in [6.45, 7) is 9.43. The van der Waals surface area contributed by atoms with Gasteiger partial charge in [-0.15, -0.1) is 0 Å². The van der Waals surface area contributed by atoms with Crippen molar-refractivity contribution in [3.63, 3.8) is 0 Å². The van der Waals surface area contributed by atoms with Gasteiger partial charge in [0, 0.05) is 24.4 Å². The van der Waals surface area contributed by atoms with Gasteiger partial charge in [0.1, 0.15) is 5.84 Å². The SMILES string of the molecule is CCC(C)NC(=O)CCNCCCC(C)(C)C(N)=NO. The average molecular weight is 286 g/mol. The summed E-state index contributed by atoms with van der Waals surface area (Å²) in [4.78, 5) is 11.5. The second kappa shape index (κ2) is 9.58. The van der Waals surface area contributed by atoms with Crippen LogP contribution in [0.3, 0.4) is 0 Å². The van der Waals surface area contributed by atoms with Gasteiger partial charge < -0.3 is 21.6 Å². The van der Waals surface area contributed by atoms with E-state index in [1.807, 2.05) is 27.7 Å². The van der Waals surface area contributed by atoms with Gasteiger partial charge in [-0.2, -0.15) is 0 Å². The molecule has 0 aromatic carbocycles. The first-order valence-corrected chi connectivity index (χ1v) is 7.31. The standard InChI is InChI=1S/C14H30N4O2/c1-5-11(2)17-12(19)7-10-16-9-6-8-14(3,4)13(15)18-20/h11,16,20H,5-10H2,1-4H3,(H2,15,18)(H,17,19). The molecule has 1 amide bonds. The molecule has 1 atom stereocenters. The molecule has 0 aliphatic rings. The Morgan fingerprint density at radius 2 is 2.05 bits per heavy atom. The second-order valence-electron chi connectivity index (χ2n) is 5.85. The van der Waals surface area contributed by atoms with Crippen LogP contribution in [0.2, 0.25) is 0 Å². The molecule has 0 fully saturated rings. The zero-order valence-electron chi connectivity index (χ0n) is 13.2. The third-order valence-corrected chi connectivity index (χ3v) is 3.51. The molecule has 6 nitrogen and oxygen atoms in total. The van der Waals surface area contributed by atoms with E-state index < -0.39 is 0 Å². The highest BCUT2D eigenvalue weighted by Gasteiger charge is 2.22. The Morgan fingerprint density at radius 3 is 2.60 bits per heavy atom. The van der Waals surface area contributed by atoms with Crippen LogP contribution < -0.4 is 16.4 Å². The number of carbonyl (C=O) groups excluding carboxylic acids is 1. The summed E-state index contributed by atoms with van der Waals surface area (Å²) in [6, 6.07) is 0.240. The van der Waals surface area contributed by atoms with Crippen LogP contribution in [-0.4, -0.2) is 36.1 Å². The first-order chi connectivity index (χ1) is 9.33. The molecule has 0 rings (SSSR count). The summed E-state index contributed by atoms with van der Waals surface area (Å²) < 4.78 is 0. The molecule has 0 bridgehead atoms. The molecule has 0 aromatic rings. The molecule has 0 saturated heterocycles. The van der Waals surface area contributed by atoms with Gasteiger partial charge in [-0.05, 0) is 32.7 Å². The van der Waals surface area contributed by atoms with Crippen molar-refractivity contribution < 1.29 is 10.0 Å². The predicted octanol–water partition coefficient (Wildman–Crippen LogP) is 1.43. The van der Waals surface area contributed by atoms with E-state index in [-0.39, 0.29) is 23.2 Å². The summed E-state index contributed by atoms with van der Waals surface area (Å²) in [7, 11) is 0. The molecule has 0 radical (unpaired) electrons. The number of amidine groups is 1. The zero-order chi connectivity index (χ0) is 15.6. The van der Waals surface area contributed by atoms with Crippen LogP contribution in [0, 0.1) is 5.41 Å². The molecular formula is C14H30N4O2. The molecule has 20 heavy (non-hydrogen) atoms. The van der Waals surface area contributed by atoms with E-state index in [4.69, 9.17) is 10.9 Å². The number of oxime groups is 1. The molecule has 1 unspecified atom stereocenters. The third-order valence-electron chi connectivity index (χ3n) is 3.51. The van der Waals surface area contributed by atoms with E-state index in [1.54, 1.807) is 0 Å². The Labute approximate surface area is 122 Å². The minimum atomic E-state index is -0.301. The molecule has 0 aromatic heterocycles. The lowest BCUT2D eigenvalue weighted by atomic mass is 9.86. The monoisotopic (exact) mass is 286 g/mol. The molecule has 6 heteroatoms. The van der Waals surface area contributed by atoms with Gasteiger partial charge in [-0.3, -0.25) is 4.79 Å². The number of hydrogen-bond donors (Lipinski definition) is 4. The van der Waals surface area contributed by atoms with E-state index >= 15 is 0 Å². The first-order valence-electron chi connectivity index (χ1n) is 7.31. The van der Waals surface area contributed by atoms with Crippen LogP contribution in [0.5, 0.6) is 0 Å². The average Bonchev–Trinajstić information content (AvgIpc) is 2.41. The van der Waals surface area contributed by atoms with Crippen molar-refractivity contribution in [3.05, 3.63) is 0 Å². The summed E-state index contributed by atoms with van der Waals surface area (Å²) in [6.07, 6.45) is 3.18. The Balaban J connectivity index is 3.66. The minimum absolute atomic E-state index is 0.0869. The largest absolute Gasteiger partial charge is 0.409 e. The van der Waals surface area contributed by atoms with Gasteiger partial charge in [0.15, 0.2) is 0 Å². The van der Waals surface area contributed by atoms with E-state index in [0.717, 1.165) is 25.8 Å². The van der Waals surface area contributed by atoms with Crippen molar-refractivity contribution in [2.45, 2.75) is 59.4 Å². The fourth-order valence-electron chi connectivity index (χ4n) is 1.69. The highest BCUT2D eigenvalue weighted by molar-refractivity contribution is 5.85. The van der Waals surface area contributed by atoms with Gasteiger partial charge in [0.25, 0.3) is 0 Å². The number of nitrogens with zero attached hydrogens (tertiary/aromatic N) is 1. The lowest BCUT2D eigenvalue weighted by Gasteiger charge is -2.22. The van der Waals surface area contributed by atoms with Crippen LogP contribution in [0.4, 0.5) is 0 Å². The predicted molar refractivity (Wildman–Crippen MR) is 81.8 cm³/mol. The number of rotatable bonds is 10. The van der Waals surface area contributed by atoms with Crippen molar-refractivity contribution in [1.29, 1.82) is 0 Å². The van der Waals surface area contributed by atoms with E-state index in [9.17, 15) is 4.79 Å². The Morgan fingerprint density at radius 1 is 1.40 bits per heavy atom. The highest BCUT2D eigenvalue weighted by Crippen LogP contribution is 2.21. The maximum absolute atomic E-state index is 11.5. The normalized spacial score (nSPS) is 14.1. The summed E-state index contributed by atoms with van der Waals surface area (Å²) in [5, 5.41) is 17.9. The Hall–Kier alpha value is -1.30. The number of nitrogens with two attached hydrogens (primary N) is 1. The van der Waals surface area contributed by atoms with Gasteiger partial charge in [-0.1, -0.05) is 25.9 Å². The van der Waals surface area contributed by atoms with Crippen molar-refractivity contribution in [2.75, 3.05) is 13.1 Å². The van der Waals surface area contributed by atoms with Crippen molar-refractivity contribution >= 4 is 11.7 Å². The van der Waals surface area contributed by atoms with Crippen LogP contribution >= 0.6 is 0 Å². The second-order valence-corrected chi connectivity index (χ2v) is 5.85. The van der Waals surface area contributed by atoms with E-state index in [1.165, 1.54) is 0 Å². The van der Waals surface area contributed by atoms with E-state index in [0.29, 0.717) is 13.0 Å². The third kappa shape index (κ3) is 7.99. The quantitative estimate of drug-likeness (QED) is 0.160. The minimum Gasteiger partial charge on any atom is -0.409 e. The maximum atomic E-state index is 11.5. The van der Waals surface area contributed by atoms with Gasteiger partial charge in [0.05, 0.1) is 0 Å². The Bertz CT molecular complexity index is 316. The van der Waals surface area contributed by atoms with Crippen LogP contribution in [0.25, 0.3) is 0 Å². The lowest BCUT2D eigenvalue weighted by molar-refractivity contribution is -0.121. The van der Waals surface area contributed by atoms with E-state index in [2.05, 4.69) is 15.8 Å². The molecule has 118 valence electrons. The summed E-state index contributed by atoms with van der Waals surface area (Å²) >= 11 is 0. The number of carbonyl (C=O) groups is 1. The van der Waals surface area contributed by atoms with Crippen LogP contribution in [-0.2, 0) is 4.79 Å². The summed E-state index contributed by atoms with van der Waals surface area (Å²) in [5.41, 5.74) is 5.32. The molecule has 0 aliphatic heterocycles. The highest BCUT2D eigenvalue weighted by atomic mass is 16.4.